The number of halogens is 1. The number of hydrogen-bond acceptors (Lipinski definition) is 3. The maximum Gasteiger partial charge on any atom is 0.261 e. The Balaban J connectivity index is 1.43. The summed E-state index contributed by atoms with van der Waals surface area (Å²) in [4.78, 5) is 19.4. The van der Waals surface area contributed by atoms with E-state index in [-0.39, 0.29) is 24.4 Å². The van der Waals surface area contributed by atoms with Crippen molar-refractivity contribution in [3.8, 4) is 5.75 Å². The molecule has 5 heteroatoms. The number of likely N-dealkylation sites (tertiary alicyclic amines) is 1. The minimum Gasteiger partial charge on any atom is -0.484 e. The minimum absolute atomic E-state index is 0.0324. The maximum atomic E-state index is 13.0. The fourth-order valence-electron chi connectivity index (χ4n) is 3.72. The van der Waals surface area contributed by atoms with Gasteiger partial charge in [0.05, 0.1) is 11.7 Å². The van der Waals surface area contributed by atoms with Crippen molar-refractivity contribution in [2.24, 2.45) is 0 Å². The van der Waals surface area contributed by atoms with Gasteiger partial charge < -0.3 is 9.64 Å². The summed E-state index contributed by atoms with van der Waals surface area (Å²) in [5.41, 5.74) is 3.13. The third-order valence-electron chi connectivity index (χ3n) is 5.15. The number of amides is 1. The van der Waals surface area contributed by atoms with E-state index < -0.39 is 0 Å². The molecule has 3 aromatic rings. The van der Waals surface area contributed by atoms with E-state index in [9.17, 15) is 9.18 Å². The lowest BCUT2D eigenvalue weighted by atomic mass is 10.1. The normalized spacial score (nSPS) is 16.0. The summed E-state index contributed by atoms with van der Waals surface area (Å²) in [6, 6.07) is 21.9. The molecule has 0 saturated carbocycles. The van der Waals surface area contributed by atoms with Crippen LogP contribution in [0, 0.1) is 5.82 Å². The first-order chi connectivity index (χ1) is 14.2. The highest BCUT2D eigenvalue weighted by Crippen LogP contribution is 2.31. The van der Waals surface area contributed by atoms with E-state index in [1.807, 2.05) is 41.3 Å². The Morgan fingerprint density at radius 2 is 1.83 bits per heavy atom. The molecule has 0 spiro atoms. The van der Waals surface area contributed by atoms with E-state index in [0.717, 1.165) is 30.7 Å². The third-order valence-corrected chi connectivity index (χ3v) is 5.15. The largest absolute Gasteiger partial charge is 0.484 e. The van der Waals surface area contributed by atoms with Crippen LogP contribution in [-0.2, 0) is 11.2 Å². The molecule has 1 fully saturated rings. The molecule has 4 nitrogen and oxygen atoms in total. The van der Waals surface area contributed by atoms with Crippen LogP contribution >= 0.6 is 0 Å². The molecule has 0 bridgehead atoms. The van der Waals surface area contributed by atoms with E-state index in [1.165, 1.54) is 29.8 Å². The van der Waals surface area contributed by atoms with Crippen molar-refractivity contribution in [2.45, 2.75) is 25.3 Å². The molecular formula is C24H23FN2O2. The third kappa shape index (κ3) is 4.80. The monoisotopic (exact) mass is 390 g/mol. The summed E-state index contributed by atoms with van der Waals surface area (Å²) in [6.45, 7) is 0.632. The second kappa shape index (κ2) is 8.86. The first-order valence-electron chi connectivity index (χ1n) is 9.86. The molecule has 2 heterocycles. The van der Waals surface area contributed by atoms with Gasteiger partial charge in [-0.2, -0.15) is 0 Å². The molecule has 1 aliphatic heterocycles. The van der Waals surface area contributed by atoms with Gasteiger partial charge in [-0.3, -0.25) is 9.78 Å². The fourth-order valence-corrected chi connectivity index (χ4v) is 3.72. The molecule has 29 heavy (non-hydrogen) atoms. The van der Waals surface area contributed by atoms with E-state index in [0.29, 0.717) is 12.3 Å². The number of rotatable bonds is 6. The zero-order valence-electron chi connectivity index (χ0n) is 16.1. The maximum absolute atomic E-state index is 13.0. The summed E-state index contributed by atoms with van der Waals surface area (Å²) >= 11 is 0. The molecule has 148 valence electrons. The molecule has 0 radical (unpaired) electrons. The molecule has 4 rings (SSSR count). The van der Waals surface area contributed by atoms with Gasteiger partial charge in [0.1, 0.15) is 11.6 Å². The van der Waals surface area contributed by atoms with Crippen LogP contribution in [0.3, 0.4) is 0 Å². The number of carbonyl (C=O) groups is 1. The lowest BCUT2D eigenvalue weighted by molar-refractivity contribution is -0.134. The Morgan fingerprint density at radius 1 is 1.03 bits per heavy atom. The van der Waals surface area contributed by atoms with Gasteiger partial charge in [0.15, 0.2) is 6.61 Å². The van der Waals surface area contributed by atoms with E-state index >= 15 is 0 Å². The molecule has 1 amide bonds. The molecule has 0 N–H and O–H groups in total. The number of aromatic nitrogens is 1. The van der Waals surface area contributed by atoms with Gasteiger partial charge in [-0.25, -0.2) is 4.39 Å². The van der Waals surface area contributed by atoms with Gasteiger partial charge in [-0.05, 0) is 54.8 Å². The summed E-state index contributed by atoms with van der Waals surface area (Å²) in [7, 11) is 0. The molecule has 1 aliphatic rings. The lowest BCUT2D eigenvalue weighted by Gasteiger charge is -2.24. The van der Waals surface area contributed by atoms with Crippen LogP contribution in [0.2, 0.25) is 0 Å². The number of hydrogen-bond donors (Lipinski definition) is 0. The zero-order valence-corrected chi connectivity index (χ0v) is 16.1. The summed E-state index contributed by atoms with van der Waals surface area (Å²) in [5, 5.41) is 0. The van der Waals surface area contributed by atoms with Gasteiger partial charge in [0.25, 0.3) is 5.91 Å². The molecule has 0 unspecified atom stereocenters. The highest BCUT2D eigenvalue weighted by atomic mass is 19.1. The van der Waals surface area contributed by atoms with Gasteiger partial charge >= 0.3 is 0 Å². The molecule has 2 aromatic carbocycles. The average molecular weight is 390 g/mol. The Hall–Kier alpha value is -3.21. The smallest absolute Gasteiger partial charge is 0.261 e. The van der Waals surface area contributed by atoms with Crippen molar-refractivity contribution in [3.63, 3.8) is 0 Å². The van der Waals surface area contributed by atoms with E-state index in [4.69, 9.17) is 9.72 Å². The predicted octanol–water partition coefficient (Wildman–Crippen LogP) is 4.55. The molecule has 1 saturated heterocycles. The van der Waals surface area contributed by atoms with Crippen molar-refractivity contribution in [3.05, 3.63) is 95.6 Å². The Morgan fingerprint density at radius 3 is 2.62 bits per heavy atom. The minimum atomic E-state index is -0.329. The first-order valence-corrected chi connectivity index (χ1v) is 9.86. The number of ether oxygens (including phenoxy) is 1. The second-order valence-corrected chi connectivity index (χ2v) is 7.20. The molecular weight excluding hydrogens is 367 g/mol. The van der Waals surface area contributed by atoms with E-state index in [2.05, 4.69) is 12.1 Å². The number of benzene rings is 2. The average Bonchev–Trinajstić information content (AvgIpc) is 3.24. The number of carbonyl (C=O) groups excluding carboxylic acids is 1. The van der Waals surface area contributed by atoms with Crippen LogP contribution in [0.5, 0.6) is 5.75 Å². The van der Waals surface area contributed by atoms with Crippen LogP contribution in [-0.4, -0.2) is 28.9 Å². The van der Waals surface area contributed by atoms with Crippen molar-refractivity contribution in [1.82, 2.24) is 9.88 Å². The van der Waals surface area contributed by atoms with Crippen LogP contribution < -0.4 is 4.74 Å². The highest BCUT2D eigenvalue weighted by Gasteiger charge is 2.31. The zero-order chi connectivity index (χ0) is 20.1. The topological polar surface area (TPSA) is 42.4 Å². The predicted molar refractivity (Wildman–Crippen MR) is 109 cm³/mol. The summed E-state index contributed by atoms with van der Waals surface area (Å²) < 4.78 is 18.5. The molecule has 0 aliphatic carbocycles. The van der Waals surface area contributed by atoms with Crippen LogP contribution in [0.1, 0.15) is 35.8 Å². The van der Waals surface area contributed by atoms with Gasteiger partial charge in [0.2, 0.25) is 0 Å². The quantitative estimate of drug-likeness (QED) is 0.620. The first kappa shape index (κ1) is 19.1. The van der Waals surface area contributed by atoms with Crippen molar-refractivity contribution >= 4 is 5.91 Å². The Bertz CT molecular complexity index is 960. The van der Waals surface area contributed by atoms with Crippen molar-refractivity contribution < 1.29 is 13.9 Å². The lowest BCUT2D eigenvalue weighted by Crippen LogP contribution is -2.34. The highest BCUT2D eigenvalue weighted by molar-refractivity contribution is 5.78. The van der Waals surface area contributed by atoms with Crippen LogP contribution in [0.4, 0.5) is 4.39 Å². The standard InChI is InChI=1S/C24H23FN2O2/c25-19-11-13-21(14-12-19)29-17-24(28)27-15-5-10-23(27)22-9-4-8-20(26-22)16-18-6-2-1-3-7-18/h1-4,6-9,11-14,23H,5,10,15-17H2/t23-/m0/s1. The molecule has 1 atom stereocenters. The number of nitrogens with zero attached hydrogens (tertiary/aromatic N) is 2. The van der Waals surface area contributed by atoms with Crippen molar-refractivity contribution in [1.29, 1.82) is 0 Å². The van der Waals surface area contributed by atoms with Gasteiger partial charge in [-0.15, -0.1) is 0 Å². The SMILES string of the molecule is O=C(COc1ccc(F)cc1)N1CCC[C@H]1c1cccc(Cc2ccccc2)n1. The Kier molecular flexibility index (Phi) is 5.84. The van der Waals surface area contributed by atoms with Gasteiger partial charge in [0, 0.05) is 18.7 Å². The van der Waals surface area contributed by atoms with Crippen molar-refractivity contribution in [2.75, 3.05) is 13.2 Å². The van der Waals surface area contributed by atoms with Gasteiger partial charge in [-0.1, -0.05) is 36.4 Å². The fraction of sp³-hybridized carbons (Fsp3) is 0.250. The second-order valence-electron chi connectivity index (χ2n) is 7.20. The van der Waals surface area contributed by atoms with Crippen LogP contribution in [0.25, 0.3) is 0 Å². The van der Waals surface area contributed by atoms with Crippen LogP contribution in [0.15, 0.2) is 72.8 Å². The summed E-state index contributed by atoms with van der Waals surface area (Å²) in [6.07, 6.45) is 2.60. The molecule has 1 aromatic heterocycles. The number of pyridine rings is 1. The Labute approximate surface area is 170 Å². The summed E-state index contributed by atoms with van der Waals surface area (Å²) in [5.74, 6) is 0.0790. The van der Waals surface area contributed by atoms with E-state index in [1.54, 1.807) is 0 Å².